The van der Waals surface area contributed by atoms with Crippen molar-refractivity contribution in [2.45, 2.75) is 31.6 Å². The van der Waals surface area contributed by atoms with Crippen LogP contribution in [0.25, 0.3) is 0 Å². The number of hydrogen-bond acceptors (Lipinski definition) is 3. The first-order valence-corrected chi connectivity index (χ1v) is 9.70. The van der Waals surface area contributed by atoms with E-state index in [9.17, 15) is 8.42 Å². The Morgan fingerprint density at radius 2 is 1.86 bits per heavy atom. The van der Waals surface area contributed by atoms with Gasteiger partial charge in [0, 0.05) is 13.1 Å². The molecule has 0 radical (unpaired) electrons. The number of piperidine rings is 1. The first-order valence-electron chi connectivity index (χ1n) is 8.26. The van der Waals surface area contributed by atoms with Crippen LogP contribution in [0.15, 0.2) is 29.2 Å². The van der Waals surface area contributed by atoms with Gasteiger partial charge >= 0.3 is 0 Å². The van der Waals surface area contributed by atoms with Crippen LogP contribution in [0.3, 0.4) is 0 Å². The summed E-state index contributed by atoms with van der Waals surface area (Å²) in [6.45, 7) is 7.65. The van der Waals surface area contributed by atoms with Crippen LogP contribution in [0.1, 0.15) is 25.8 Å². The normalized spacial score (nSPS) is 26.3. The first-order chi connectivity index (χ1) is 10.5. The zero-order valence-corrected chi connectivity index (χ0v) is 14.3. The number of hydrogen-bond donors (Lipinski definition) is 1. The maximum Gasteiger partial charge on any atom is 0.243 e. The van der Waals surface area contributed by atoms with Crippen LogP contribution in [-0.4, -0.2) is 38.9 Å². The Balaban J connectivity index is 1.75. The van der Waals surface area contributed by atoms with Gasteiger partial charge in [-0.1, -0.05) is 26.0 Å². The Bertz CT molecular complexity index is 610. The van der Waals surface area contributed by atoms with Crippen molar-refractivity contribution in [3.05, 3.63) is 29.8 Å². The molecule has 2 fully saturated rings. The first kappa shape index (κ1) is 16.0. The van der Waals surface area contributed by atoms with Crippen LogP contribution in [0.4, 0.5) is 0 Å². The summed E-state index contributed by atoms with van der Waals surface area (Å²) in [7, 11) is -3.34. The third-order valence-corrected chi connectivity index (χ3v) is 6.75. The van der Waals surface area contributed by atoms with Gasteiger partial charge in [-0.15, -0.1) is 0 Å². The highest BCUT2D eigenvalue weighted by Gasteiger charge is 2.37. The number of nitrogens with one attached hydrogen (secondary N) is 1. The third-order valence-electron chi connectivity index (χ3n) is 4.87. The maximum absolute atomic E-state index is 12.8. The van der Waals surface area contributed by atoms with E-state index in [0.717, 1.165) is 25.9 Å². The second-order valence-electron chi connectivity index (χ2n) is 7.07. The third kappa shape index (κ3) is 3.21. The molecule has 0 aromatic heterocycles. The summed E-state index contributed by atoms with van der Waals surface area (Å²) in [6, 6.07) is 7.45. The van der Waals surface area contributed by atoms with Crippen molar-refractivity contribution in [1.82, 2.24) is 9.62 Å². The number of fused-ring (bicyclic) bond motifs is 1. The van der Waals surface area contributed by atoms with E-state index in [2.05, 4.69) is 19.2 Å². The standard InChI is InChI=1S/C17H26N2O2S/c1-13(2)9-14-3-5-17(6-4-14)22(20,21)19-8-7-15-10-18-11-16(15)12-19/h3-6,13,15-16,18H,7-12H2,1-2H3. The molecular weight excluding hydrogens is 296 g/mol. The topological polar surface area (TPSA) is 49.4 Å². The van der Waals surface area contributed by atoms with Gasteiger partial charge in [-0.05, 0) is 61.4 Å². The average molecular weight is 322 g/mol. The van der Waals surface area contributed by atoms with E-state index in [-0.39, 0.29) is 0 Å². The highest BCUT2D eigenvalue weighted by atomic mass is 32.2. The van der Waals surface area contributed by atoms with Gasteiger partial charge in [0.15, 0.2) is 0 Å². The van der Waals surface area contributed by atoms with Crippen molar-refractivity contribution in [2.24, 2.45) is 17.8 Å². The Labute approximate surface area is 134 Å². The van der Waals surface area contributed by atoms with Crippen LogP contribution in [0, 0.1) is 17.8 Å². The number of nitrogens with zero attached hydrogens (tertiary/aromatic N) is 1. The minimum Gasteiger partial charge on any atom is -0.316 e. The van der Waals surface area contributed by atoms with Crippen molar-refractivity contribution >= 4 is 10.0 Å². The highest BCUT2D eigenvalue weighted by molar-refractivity contribution is 7.89. The fourth-order valence-corrected chi connectivity index (χ4v) is 5.15. The van der Waals surface area contributed by atoms with Gasteiger partial charge in [0.2, 0.25) is 10.0 Å². The van der Waals surface area contributed by atoms with Gasteiger partial charge in [-0.2, -0.15) is 4.31 Å². The lowest BCUT2D eigenvalue weighted by atomic mass is 9.90. The molecule has 0 bridgehead atoms. The lowest BCUT2D eigenvalue weighted by Gasteiger charge is -2.33. The SMILES string of the molecule is CC(C)Cc1ccc(S(=O)(=O)N2CCC3CNCC3C2)cc1. The van der Waals surface area contributed by atoms with Crippen LogP contribution in [0.2, 0.25) is 0 Å². The van der Waals surface area contributed by atoms with Crippen molar-refractivity contribution in [3.8, 4) is 0 Å². The van der Waals surface area contributed by atoms with Crippen molar-refractivity contribution in [1.29, 1.82) is 0 Å². The lowest BCUT2D eigenvalue weighted by Crippen LogP contribution is -2.43. The zero-order valence-electron chi connectivity index (χ0n) is 13.5. The number of benzene rings is 1. The number of rotatable bonds is 4. The van der Waals surface area contributed by atoms with Gasteiger partial charge in [0.1, 0.15) is 0 Å². The second-order valence-corrected chi connectivity index (χ2v) is 9.01. The van der Waals surface area contributed by atoms with Gasteiger partial charge in [-0.25, -0.2) is 8.42 Å². The fourth-order valence-electron chi connectivity index (χ4n) is 3.64. The molecule has 4 nitrogen and oxygen atoms in total. The molecule has 2 heterocycles. The van der Waals surface area contributed by atoms with E-state index in [1.54, 1.807) is 16.4 Å². The summed E-state index contributed by atoms with van der Waals surface area (Å²) in [6.07, 6.45) is 1.96. The van der Waals surface area contributed by atoms with Crippen molar-refractivity contribution in [2.75, 3.05) is 26.2 Å². The summed E-state index contributed by atoms with van der Waals surface area (Å²) in [5.41, 5.74) is 1.20. The van der Waals surface area contributed by atoms with E-state index in [1.807, 2.05) is 12.1 Å². The van der Waals surface area contributed by atoms with Crippen molar-refractivity contribution < 1.29 is 8.42 Å². The van der Waals surface area contributed by atoms with E-state index in [4.69, 9.17) is 0 Å². The predicted molar refractivity (Wildman–Crippen MR) is 88.2 cm³/mol. The minimum absolute atomic E-state index is 0.435. The highest BCUT2D eigenvalue weighted by Crippen LogP contribution is 2.30. The zero-order chi connectivity index (χ0) is 15.7. The fraction of sp³-hybridized carbons (Fsp3) is 0.647. The van der Waals surface area contributed by atoms with Crippen LogP contribution in [0.5, 0.6) is 0 Å². The Morgan fingerprint density at radius 3 is 2.55 bits per heavy atom. The smallest absolute Gasteiger partial charge is 0.243 e. The molecule has 2 aliphatic rings. The molecule has 0 spiro atoms. The molecule has 2 atom stereocenters. The molecular formula is C17H26N2O2S. The van der Waals surface area contributed by atoms with Gasteiger partial charge in [0.25, 0.3) is 0 Å². The summed E-state index contributed by atoms with van der Waals surface area (Å²) in [4.78, 5) is 0.435. The van der Waals surface area contributed by atoms with Crippen LogP contribution >= 0.6 is 0 Å². The molecule has 0 saturated carbocycles. The molecule has 22 heavy (non-hydrogen) atoms. The Morgan fingerprint density at radius 1 is 1.18 bits per heavy atom. The molecule has 2 aliphatic heterocycles. The molecule has 0 aliphatic carbocycles. The maximum atomic E-state index is 12.8. The van der Waals surface area contributed by atoms with Crippen LogP contribution in [-0.2, 0) is 16.4 Å². The minimum atomic E-state index is -3.34. The van der Waals surface area contributed by atoms with Gasteiger partial charge < -0.3 is 5.32 Å². The molecule has 2 saturated heterocycles. The molecule has 1 aromatic rings. The largest absolute Gasteiger partial charge is 0.316 e. The summed E-state index contributed by atoms with van der Waals surface area (Å²) in [5.74, 6) is 1.71. The summed E-state index contributed by atoms with van der Waals surface area (Å²) < 4.78 is 27.3. The van der Waals surface area contributed by atoms with Crippen molar-refractivity contribution in [3.63, 3.8) is 0 Å². The monoisotopic (exact) mass is 322 g/mol. The number of sulfonamides is 1. The Kier molecular flexibility index (Phi) is 4.57. The Hall–Kier alpha value is -0.910. The van der Waals surface area contributed by atoms with E-state index in [0.29, 0.717) is 35.7 Å². The average Bonchev–Trinajstić information content (AvgIpc) is 2.94. The summed E-state index contributed by atoms with van der Waals surface area (Å²) in [5, 5.41) is 3.38. The molecule has 0 amide bonds. The van der Waals surface area contributed by atoms with E-state index >= 15 is 0 Å². The molecule has 3 rings (SSSR count). The van der Waals surface area contributed by atoms with Gasteiger partial charge in [-0.3, -0.25) is 0 Å². The molecule has 122 valence electrons. The van der Waals surface area contributed by atoms with E-state index in [1.165, 1.54) is 5.56 Å². The molecule has 2 unspecified atom stereocenters. The van der Waals surface area contributed by atoms with Gasteiger partial charge in [0.05, 0.1) is 4.90 Å². The molecule has 5 heteroatoms. The van der Waals surface area contributed by atoms with Crippen LogP contribution < -0.4 is 5.32 Å². The second kappa shape index (κ2) is 6.30. The molecule has 1 aromatic carbocycles. The van der Waals surface area contributed by atoms with E-state index < -0.39 is 10.0 Å². The molecule has 1 N–H and O–H groups in total. The predicted octanol–water partition coefficient (Wildman–Crippen LogP) is 2.12. The quantitative estimate of drug-likeness (QED) is 0.924. The summed E-state index contributed by atoms with van der Waals surface area (Å²) >= 11 is 0. The lowest BCUT2D eigenvalue weighted by molar-refractivity contribution is 0.228.